The molecule has 2 bridgehead atoms. The van der Waals surface area contributed by atoms with Gasteiger partial charge in [-0.25, -0.2) is 0 Å². The molecular weight excluding hydrogens is 261 g/mol. The lowest BCUT2D eigenvalue weighted by Crippen LogP contribution is -2.45. The van der Waals surface area contributed by atoms with Gasteiger partial charge in [0.2, 0.25) is 0 Å². The Balaban J connectivity index is 1.88. The van der Waals surface area contributed by atoms with Crippen LogP contribution in [0.2, 0.25) is 0 Å². The average molecular weight is 274 g/mol. The molecule has 0 atom stereocenters. The van der Waals surface area contributed by atoms with Crippen LogP contribution in [0, 0.1) is 5.41 Å². The van der Waals surface area contributed by atoms with E-state index in [-0.39, 0.29) is 11.2 Å². The zero-order chi connectivity index (χ0) is 13.7. The molecule has 0 N–H and O–H groups in total. The van der Waals surface area contributed by atoms with Gasteiger partial charge in [-0.15, -0.1) is 0 Å². The fourth-order valence-corrected chi connectivity index (χ4v) is 3.28. The van der Waals surface area contributed by atoms with E-state index in [1.54, 1.807) is 0 Å². The van der Waals surface area contributed by atoms with Gasteiger partial charge in [0.1, 0.15) is 6.29 Å². The first kappa shape index (κ1) is 12.6. The molecule has 1 aromatic heterocycles. The van der Waals surface area contributed by atoms with Crippen molar-refractivity contribution in [2.75, 3.05) is 0 Å². The molecule has 1 aromatic rings. The molecule has 0 amide bonds. The Bertz CT molecular complexity index is 485. The molecule has 3 aliphatic carbocycles. The van der Waals surface area contributed by atoms with Crippen LogP contribution < -0.4 is 0 Å². The molecule has 3 aliphatic rings. The SMILES string of the molecule is O=CC12CCC(c3noc(C(F)(F)F)n3)(CC1)CC2. The Hall–Kier alpha value is -1.40. The van der Waals surface area contributed by atoms with Crippen molar-refractivity contribution in [1.29, 1.82) is 0 Å². The van der Waals surface area contributed by atoms with E-state index in [9.17, 15) is 18.0 Å². The standard InChI is InChI=1S/C12H13F3N2O2/c13-12(14,15)9-16-8(17-19-9)11-4-1-10(7-18,2-5-11)3-6-11/h7H,1-6H2. The van der Waals surface area contributed by atoms with E-state index >= 15 is 0 Å². The number of carbonyl (C=O) groups excluding carboxylic acids is 1. The van der Waals surface area contributed by atoms with Crippen molar-refractivity contribution in [3.8, 4) is 0 Å². The summed E-state index contributed by atoms with van der Waals surface area (Å²) in [5.41, 5.74) is -0.698. The Morgan fingerprint density at radius 1 is 1.11 bits per heavy atom. The average Bonchev–Trinajstić information content (AvgIpc) is 2.91. The Labute approximate surface area is 107 Å². The third-order valence-electron chi connectivity index (χ3n) is 4.70. The largest absolute Gasteiger partial charge is 0.471 e. The summed E-state index contributed by atoms with van der Waals surface area (Å²) in [5.74, 6) is -1.13. The van der Waals surface area contributed by atoms with E-state index in [1.165, 1.54) is 0 Å². The van der Waals surface area contributed by atoms with Gasteiger partial charge in [-0.2, -0.15) is 18.2 Å². The molecule has 0 spiro atoms. The Kier molecular flexibility index (Phi) is 2.53. The van der Waals surface area contributed by atoms with Crippen LogP contribution in [0.3, 0.4) is 0 Å². The first-order chi connectivity index (χ1) is 8.89. The van der Waals surface area contributed by atoms with Gasteiger partial charge < -0.3 is 9.32 Å². The van der Waals surface area contributed by atoms with Crippen LogP contribution in [0.15, 0.2) is 4.52 Å². The smallest absolute Gasteiger partial charge is 0.329 e. The molecule has 1 heterocycles. The predicted molar refractivity (Wildman–Crippen MR) is 57.2 cm³/mol. The number of nitrogens with zero attached hydrogens (tertiary/aromatic N) is 2. The number of halogens is 3. The number of aromatic nitrogens is 2. The summed E-state index contributed by atoms with van der Waals surface area (Å²) in [5, 5.41) is 3.53. The summed E-state index contributed by atoms with van der Waals surface area (Å²) >= 11 is 0. The van der Waals surface area contributed by atoms with Gasteiger partial charge in [0, 0.05) is 10.8 Å². The highest BCUT2D eigenvalue weighted by Crippen LogP contribution is 2.56. The number of hydrogen-bond donors (Lipinski definition) is 0. The third-order valence-corrected chi connectivity index (χ3v) is 4.70. The highest BCUT2D eigenvalue weighted by Gasteiger charge is 2.52. The quantitative estimate of drug-likeness (QED) is 0.778. The van der Waals surface area contributed by atoms with Gasteiger partial charge in [-0.3, -0.25) is 0 Å². The highest BCUT2D eigenvalue weighted by molar-refractivity contribution is 5.60. The van der Waals surface area contributed by atoms with Crippen LogP contribution in [0.4, 0.5) is 13.2 Å². The third kappa shape index (κ3) is 1.86. The van der Waals surface area contributed by atoms with E-state index in [0.29, 0.717) is 38.5 Å². The van der Waals surface area contributed by atoms with Crippen LogP contribution in [0.1, 0.15) is 50.2 Å². The van der Waals surface area contributed by atoms with Crippen molar-refractivity contribution in [3.63, 3.8) is 0 Å². The molecule has 4 nitrogen and oxygen atoms in total. The monoisotopic (exact) mass is 274 g/mol. The van der Waals surface area contributed by atoms with E-state index in [0.717, 1.165) is 6.29 Å². The Morgan fingerprint density at radius 3 is 2.11 bits per heavy atom. The maximum absolute atomic E-state index is 12.5. The van der Waals surface area contributed by atoms with E-state index in [1.807, 2.05) is 0 Å². The lowest BCUT2D eigenvalue weighted by atomic mass is 9.54. The molecule has 3 saturated carbocycles. The maximum atomic E-state index is 12.5. The molecule has 0 aromatic carbocycles. The van der Waals surface area contributed by atoms with Gasteiger partial charge in [0.25, 0.3) is 0 Å². The minimum atomic E-state index is -4.60. The van der Waals surface area contributed by atoms with E-state index in [4.69, 9.17) is 0 Å². The molecule has 19 heavy (non-hydrogen) atoms. The number of fused-ring (bicyclic) bond motifs is 3. The number of rotatable bonds is 2. The topological polar surface area (TPSA) is 56.0 Å². The molecule has 7 heteroatoms. The zero-order valence-electron chi connectivity index (χ0n) is 10.2. The van der Waals surface area contributed by atoms with Crippen LogP contribution in [-0.4, -0.2) is 16.4 Å². The first-order valence-electron chi connectivity index (χ1n) is 6.27. The number of aldehydes is 1. The molecule has 4 rings (SSSR count). The van der Waals surface area contributed by atoms with Gasteiger partial charge in [-0.1, -0.05) is 5.16 Å². The van der Waals surface area contributed by atoms with Crippen LogP contribution >= 0.6 is 0 Å². The summed E-state index contributed by atoms with van der Waals surface area (Å²) in [6.07, 6.45) is 0.476. The summed E-state index contributed by atoms with van der Waals surface area (Å²) in [6.45, 7) is 0. The van der Waals surface area contributed by atoms with Crippen LogP contribution in [0.5, 0.6) is 0 Å². The molecular formula is C12H13F3N2O2. The van der Waals surface area contributed by atoms with Gasteiger partial charge >= 0.3 is 12.1 Å². The van der Waals surface area contributed by atoms with Crippen molar-refractivity contribution < 1.29 is 22.5 Å². The highest BCUT2D eigenvalue weighted by atomic mass is 19.4. The molecule has 3 fully saturated rings. The second-order valence-corrected chi connectivity index (χ2v) is 5.68. The molecule has 0 saturated heterocycles. The van der Waals surface area contributed by atoms with Gasteiger partial charge in [0.15, 0.2) is 5.82 Å². The second-order valence-electron chi connectivity index (χ2n) is 5.68. The summed E-state index contributed by atoms with van der Waals surface area (Å²) in [7, 11) is 0. The fourth-order valence-electron chi connectivity index (χ4n) is 3.28. The van der Waals surface area contributed by atoms with Crippen molar-refractivity contribution in [3.05, 3.63) is 11.7 Å². The molecule has 104 valence electrons. The molecule has 0 unspecified atom stereocenters. The van der Waals surface area contributed by atoms with Crippen molar-refractivity contribution in [2.24, 2.45) is 5.41 Å². The first-order valence-corrected chi connectivity index (χ1v) is 6.27. The number of hydrogen-bond acceptors (Lipinski definition) is 4. The molecule has 0 radical (unpaired) electrons. The van der Waals surface area contributed by atoms with E-state index in [2.05, 4.69) is 14.7 Å². The summed E-state index contributed by atoms with van der Waals surface area (Å²) in [4.78, 5) is 14.6. The molecule has 0 aliphatic heterocycles. The van der Waals surface area contributed by atoms with Crippen LogP contribution in [0.25, 0.3) is 0 Å². The maximum Gasteiger partial charge on any atom is 0.471 e. The van der Waals surface area contributed by atoms with Crippen molar-refractivity contribution >= 4 is 6.29 Å². The minimum absolute atomic E-state index is 0.152. The lowest BCUT2D eigenvalue weighted by Gasteiger charge is -2.49. The van der Waals surface area contributed by atoms with Gasteiger partial charge in [0.05, 0.1) is 0 Å². The van der Waals surface area contributed by atoms with Crippen molar-refractivity contribution in [1.82, 2.24) is 10.1 Å². The Morgan fingerprint density at radius 2 is 1.68 bits per heavy atom. The summed E-state index contributed by atoms with van der Waals surface area (Å²) < 4.78 is 41.8. The predicted octanol–water partition coefficient (Wildman–Crippen LogP) is 2.88. The van der Waals surface area contributed by atoms with Crippen molar-refractivity contribution in [2.45, 2.75) is 50.1 Å². The number of carbonyl (C=O) groups is 1. The normalized spacial score (nSPS) is 34.5. The van der Waals surface area contributed by atoms with Crippen LogP contribution in [-0.2, 0) is 16.4 Å². The van der Waals surface area contributed by atoms with Gasteiger partial charge in [-0.05, 0) is 38.5 Å². The number of alkyl halides is 3. The summed E-state index contributed by atoms with van der Waals surface area (Å²) in [6, 6.07) is 0. The zero-order valence-corrected chi connectivity index (χ0v) is 10.2. The lowest BCUT2D eigenvalue weighted by molar-refractivity contribution is -0.159. The minimum Gasteiger partial charge on any atom is -0.329 e. The fraction of sp³-hybridized carbons (Fsp3) is 0.750. The van der Waals surface area contributed by atoms with E-state index < -0.39 is 17.5 Å². The second kappa shape index (κ2) is 3.80.